The molecule has 0 saturated heterocycles. The van der Waals surface area contributed by atoms with Crippen LogP contribution in [0.3, 0.4) is 0 Å². The van der Waals surface area contributed by atoms with E-state index in [0.717, 1.165) is 17.2 Å². The number of aromatic hydroxyl groups is 2. The molecule has 0 saturated carbocycles. The normalized spacial score (nSPS) is 12.8. The summed E-state index contributed by atoms with van der Waals surface area (Å²) in [5, 5.41) is 30.8. The predicted molar refractivity (Wildman–Crippen MR) is 120 cm³/mol. The number of fused-ring (bicyclic) bond motifs is 1. The lowest BCUT2D eigenvalue weighted by Crippen LogP contribution is -2.24. The number of halogens is 1. The maximum atomic E-state index is 10.1. The molecule has 0 aliphatic rings. The summed E-state index contributed by atoms with van der Waals surface area (Å²) >= 11 is 5.99. The Kier molecular flexibility index (Phi) is 5.59. The third-order valence-electron chi connectivity index (χ3n) is 4.87. The van der Waals surface area contributed by atoms with Gasteiger partial charge in [-0.3, -0.25) is 0 Å². The van der Waals surface area contributed by atoms with E-state index in [9.17, 15) is 10.2 Å². The lowest BCUT2D eigenvalue weighted by molar-refractivity contribution is 0.284. The zero-order valence-electron chi connectivity index (χ0n) is 17.5. The summed E-state index contributed by atoms with van der Waals surface area (Å²) < 4.78 is 0. The molecule has 0 unspecified atom stereocenters. The molecule has 0 aliphatic carbocycles. The molecule has 0 aliphatic heterocycles. The van der Waals surface area contributed by atoms with Gasteiger partial charge in [0.25, 0.3) is 0 Å². The summed E-state index contributed by atoms with van der Waals surface area (Å²) in [4.78, 5) is 0. The van der Waals surface area contributed by atoms with Crippen LogP contribution in [0.4, 0.5) is 11.4 Å². The molecule has 152 valence electrons. The minimum absolute atomic E-state index is 0.00499. The van der Waals surface area contributed by atoms with Crippen molar-refractivity contribution < 1.29 is 10.2 Å². The number of phenolic OH excluding ortho intramolecular Hbond substituents is 2. The molecule has 0 spiro atoms. The largest absolute Gasteiger partial charge is 0.508 e. The number of nitrogens with zero attached hydrogens (tertiary/aromatic N) is 2. The number of hydrogen-bond acceptors (Lipinski definition) is 4. The standard InChI is InChI=1S/C24H27ClN2O2/c1-23(2,3)14-24(4,5)16-7-6-15-10-18(28)13-20(19(15)11-16)26-27-21-12-17(25)8-9-22(21)29/h6-13,28-29H,14H2,1-5H3. The average Bonchev–Trinajstić information content (AvgIpc) is 2.59. The van der Waals surface area contributed by atoms with E-state index >= 15 is 0 Å². The highest BCUT2D eigenvalue weighted by molar-refractivity contribution is 6.30. The molecule has 5 heteroatoms. The van der Waals surface area contributed by atoms with Crippen LogP contribution in [-0.2, 0) is 5.41 Å². The number of benzene rings is 3. The van der Waals surface area contributed by atoms with E-state index in [1.54, 1.807) is 24.3 Å². The van der Waals surface area contributed by atoms with Gasteiger partial charge in [0.15, 0.2) is 0 Å². The van der Waals surface area contributed by atoms with Crippen molar-refractivity contribution in [1.29, 1.82) is 0 Å². The lowest BCUT2D eigenvalue weighted by atomic mass is 9.72. The van der Waals surface area contributed by atoms with Gasteiger partial charge in [0.2, 0.25) is 0 Å². The first kappa shape index (κ1) is 21.1. The average molecular weight is 411 g/mol. The van der Waals surface area contributed by atoms with Crippen LogP contribution in [0.1, 0.15) is 46.6 Å². The summed E-state index contributed by atoms with van der Waals surface area (Å²) in [5.74, 6) is 0.109. The van der Waals surface area contributed by atoms with Crippen molar-refractivity contribution in [2.45, 2.75) is 46.5 Å². The highest BCUT2D eigenvalue weighted by atomic mass is 35.5. The Labute approximate surface area is 176 Å². The van der Waals surface area contributed by atoms with Gasteiger partial charge in [-0.05, 0) is 58.5 Å². The fourth-order valence-corrected chi connectivity index (χ4v) is 4.11. The second-order valence-electron chi connectivity index (χ2n) is 9.36. The predicted octanol–water partition coefficient (Wildman–Crippen LogP) is 8.03. The molecule has 29 heavy (non-hydrogen) atoms. The van der Waals surface area contributed by atoms with Crippen molar-refractivity contribution in [3.05, 3.63) is 59.1 Å². The summed E-state index contributed by atoms with van der Waals surface area (Å²) in [6.07, 6.45) is 1.02. The SMILES string of the molecule is CC(C)(C)CC(C)(C)c1ccc2cc(O)cc(N=Nc3cc(Cl)ccc3O)c2c1. The fourth-order valence-electron chi connectivity index (χ4n) is 3.94. The number of hydrogen-bond donors (Lipinski definition) is 2. The smallest absolute Gasteiger partial charge is 0.143 e. The quantitative estimate of drug-likeness (QED) is 0.427. The van der Waals surface area contributed by atoms with Gasteiger partial charge in [-0.2, -0.15) is 0 Å². The van der Waals surface area contributed by atoms with Crippen LogP contribution in [0.5, 0.6) is 11.5 Å². The second kappa shape index (κ2) is 7.68. The number of phenols is 2. The second-order valence-corrected chi connectivity index (χ2v) is 9.79. The van der Waals surface area contributed by atoms with E-state index in [1.807, 2.05) is 6.07 Å². The molecule has 0 radical (unpaired) electrons. The van der Waals surface area contributed by atoms with Gasteiger partial charge >= 0.3 is 0 Å². The Morgan fingerprint density at radius 1 is 0.828 bits per heavy atom. The summed E-state index contributed by atoms with van der Waals surface area (Å²) in [6.45, 7) is 11.2. The number of rotatable bonds is 4. The molecule has 0 bridgehead atoms. The first-order chi connectivity index (χ1) is 13.4. The summed E-state index contributed by atoms with van der Waals surface area (Å²) in [5.41, 5.74) is 2.18. The third kappa shape index (κ3) is 5.07. The molecule has 3 aromatic carbocycles. The zero-order valence-corrected chi connectivity index (χ0v) is 18.2. The van der Waals surface area contributed by atoms with E-state index < -0.39 is 0 Å². The first-order valence-corrected chi connectivity index (χ1v) is 10.00. The molecule has 0 amide bonds. The van der Waals surface area contributed by atoms with E-state index in [-0.39, 0.29) is 28.0 Å². The van der Waals surface area contributed by atoms with Gasteiger partial charge in [0.05, 0.1) is 5.69 Å². The van der Waals surface area contributed by atoms with Crippen LogP contribution < -0.4 is 0 Å². The molecule has 0 fully saturated rings. The van der Waals surface area contributed by atoms with Crippen molar-refractivity contribution in [2.75, 3.05) is 0 Å². The topological polar surface area (TPSA) is 65.2 Å². The fraction of sp³-hybridized carbons (Fsp3) is 0.333. The van der Waals surface area contributed by atoms with E-state index in [4.69, 9.17) is 11.6 Å². The van der Waals surface area contributed by atoms with Crippen molar-refractivity contribution >= 4 is 33.7 Å². The lowest BCUT2D eigenvalue weighted by Gasteiger charge is -2.33. The van der Waals surface area contributed by atoms with Gasteiger partial charge in [-0.25, -0.2) is 0 Å². The third-order valence-corrected chi connectivity index (χ3v) is 5.11. The van der Waals surface area contributed by atoms with Gasteiger partial charge in [-0.15, -0.1) is 10.2 Å². The van der Waals surface area contributed by atoms with Crippen LogP contribution in [0.2, 0.25) is 5.02 Å². The van der Waals surface area contributed by atoms with Crippen LogP contribution in [0.25, 0.3) is 10.8 Å². The first-order valence-electron chi connectivity index (χ1n) is 9.62. The van der Waals surface area contributed by atoms with Crippen molar-refractivity contribution in [1.82, 2.24) is 0 Å². The Balaban J connectivity index is 2.09. The maximum Gasteiger partial charge on any atom is 0.143 e. The van der Waals surface area contributed by atoms with Gasteiger partial charge in [0.1, 0.15) is 17.2 Å². The van der Waals surface area contributed by atoms with E-state index in [1.165, 1.54) is 11.6 Å². The van der Waals surface area contributed by atoms with Crippen LogP contribution in [0.15, 0.2) is 58.8 Å². The molecular formula is C24H27ClN2O2. The molecule has 4 nitrogen and oxygen atoms in total. The van der Waals surface area contributed by atoms with Crippen LogP contribution >= 0.6 is 11.6 Å². The molecule has 3 aromatic rings. The molecule has 3 rings (SSSR count). The van der Waals surface area contributed by atoms with Crippen molar-refractivity contribution in [3.63, 3.8) is 0 Å². The molecule has 0 aromatic heterocycles. The van der Waals surface area contributed by atoms with Gasteiger partial charge in [0, 0.05) is 16.5 Å². The van der Waals surface area contributed by atoms with Crippen molar-refractivity contribution in [3.8, 4) is 11.5 Å². The minimum atomic E-state index is -0.0238. The van der Waals surface area contributed by atoms with Crippen LogP contribution in [0, 0.1) is 5.41 Å². The van der Waals surface area contributed by atoms with E-state index in [2.05, 4.69) is 57.0 Å². The molecular weight excluding hydrogens is 384 g/mol. The number of azo groups is 1. The monoisotopic (exact) mass is 410 g/mol. The van der Waals surface area contributed by atoms with Gasteiger partial charge < -0.3 is 10.2 Å². The van der Waals surface area contributed by atoms with Crippen molar-refractivity contribution in [2.24, 2.45) is 15.6 Å². The Bertz CT molecular complexity index is 1080. The zero-order chi connectivity index (χ0) is 21.4. The minimum Gasteiger partial charge on any atom is -0.508 e. The Morgan fingerprint density at radius 3 is 2.21 bits per heavy atom. The maximum absolute atomic E-state index is 10.1. The molecule has 0 heterocycles. The molecule has 2 N–H and O–H groups in total. The van der Waals surface area contributed by atoms with E-state index in [0.29, 0.717) is 10.7 Å². The van der Waals surface area contributed by atoms with Gasteiger partial charge in [-0.1, -0.05) is 58.4 Å². The highest BCUT2D eigenvalue weighted by Crippen LogP contribution is 2.40. The highest BCUT2D eigenvalue weighted by Gasteiger charge is 2.27. The van der Waals surface area contributed by atoms with Crippen LogP contribution in [-0.4, -0.2) is 10.2 Å². The molecule has 0 atom stereocenters. The Hall–Kier alpha value is -2.59. The summed E-state index contributed by atoms with van der Waals surface area (Å²) in [7, 11) is 0. The summed E-state index contributed by atoms with van der Waals surface area (Å²) in [6, 6.07) is 14.1. The Morgan fingerprint density at radius 2 is 1.52 bits per heavy atom.